The summed E-state index contributed by atoms with van der Waals surface area (Å²) >= 11 is 1.91. The molecule has 0 spiro atoms. The number of nitrogens with two attached hydrogens (primary N) is 1. The van der Waals surface area contributed by atoms with Crippen LogP contribution in [-0.4, -0.2) is 13.2 Å². The van der Waals surface area contributed by atoms with Crippen LogP contribution in [0.3, 0.4) is 0 Å². The van der Waals surface area contributed by atoms with Crippen molar-refractivity contribution in [2.75, 3.05) is 13.2 Å². The Hall–Kier alpha value is -1.32. The minimum atomic E-state index is 0.0459. The van der Waals surface area contributed by atoms with Crippen LogP contribution in [-0.2, 0) is 19.3 Å². The van der Waals surface area contributed by atoms with Crippen LogP contribution in [0.15, 0.2) is 36.4 Å². The molecule has 1 aliphatic rings. The molecule has 1 atom stereocenters. The Morgan fingerprint density at radius 2 is 2.00 bits per heavy atom. The number of thiophene rings is 1. The normalized spacial score (nSPS) is 21.3. The SMILES string of the molecule is CCc1ccc(CC2(CN)COc3ccccc3C2)s1. The smallest absolute Gasteiger partial charge is 0.122 e. The van der Waals surface area contributed by atoms with Gasteiger partial charge >= 0.3 is 0 Å². The Kier molecular flexibility index (Phi) is 3.81. The Bertz CT molecular complexity index is 592. The maximum Gasteiger partial charge on any atom is 0.122 e. The van der Waals surface area contributed by atoms with Gasteiger partial charge in [0.25, 0.3) is 0 Å². The summed E-state index contributed by atoms with van der Waals surface area (Å²) in [7, 11) is 0. The van der Waals surface area contributed by atoms with Gasteiger partial charge in [0.2, 0.25) is 0 Å². The fourth-order valence-corrected chi connectivity index (χ4v) is 4.00. The number of ether oxygens (including phenoxy) is 1. The van der Waals surface area contributed by atoms with Crippen LogP contribution in [0.25, 0.3) is 0 Å². The molecule has 0 saturated carbocycles. The highest BCUT2D eigenvalue weighted by atomic mass is 32.1. The molecule has 0 fully saturated rings. The molecule has 106 valence electrons. The quantitative estimate of drug-likeness (QED) is 0.935. The maximum atomic E-state index is 6.11. The fourth-order valence-electron chi connectivity index (χ4n) is 2.87. The number of aryl methyl sites for hydroxylation is 1. The molecule has 1 aromatic carbocycles. The van der Waals surface area contributed by atoms with Crippen molar-refractivity contribution in [3.8, 4) is 5.75 Å². The van der Waals surface area contributed by atoms with E-state index in [0.29, 0.717) is 6.54 Å². The molecule has 1 aliphatic heterocycles. The van der Waals surface area contributed by atoms with Crippen molar-refractivity contribution in [2.45, 2.75) is 26.2 Å². The zero-order chi connectivity index (χ0) is 14.0. The summed E-state index contributed by atoms with van der Waals surface area (Å²) in [5, 5.41) is 0. The fraction of sp³-hybridized carbons (Fsp3) is 0.412. The van der Waals surface area contributed by atoms with Crippen LogP contribution in [0, 0.1) is 5.41 Å². The van der Waals surface area contributed by atoms with Gasteiger partial charge in [0.05, 0.1) is 6.61 Å². The van der Waals surface area contributed by atoms with Crippen molar-refractivity contribution >= 4 is 11.3 Å². The summed E-state index contributed by atoms with van der Waals surface area (Å²) in [6.07, 6.45) is 3.14. The van der Waals surface area contributed by atoms with Gasteiger partial charge in [-0.15, -0.1) is 11.3 Å². The number of rotatable bonds is 4. The third-order valence-electron chi connectivity index (χ3n) is 4.12. The molecule has 2 nitrogen and oxygen atoms in total. The van der Waals surface area contributed by atoms with Crippen molar-refractivity contribution in [2.24, 2.45) is 11.1 Å². The lowest BCUT2D eigenvalue weighted by Crippen LogP contribution is -2.42. The zero-order valence-corrected chi connectivity index (χ0v) is 12.7. The van der Waals surface area contributed by atoms with E-state index in [1.54, 1.807) is 0 Å². The molecule has 1 aromatic heterocycles. The standard InChI is InChI=1S/C17H21NOS/c1-2-14-7-8-15(20-14)10-17(11-18)9-13-5-3-4-6-16(13)19-12-17/h3-8H,2,9-12,18H2,1H3. The van der Waals surface area contributed by atoms with Crippen LogP contribution >= 0.6 is 11.3 Å². The lowest BCUT2D eigenvalue weighted by atomic mass is 9.77. The first kappa shape index (κ1) is 13.7. The predicted molar refractivity (Wildman–Crippen MR) is 84.5 cm³/mol. The zero-order valence-electron chi connectivity index (χ0n) is 11.9. The lowest BCUT2D eigenvalue weighted by molar-refractivity contribution is 0.127. The summed E-state index contributed by atoms with van der Waals surface area (Å²) in [6.45, 7) is 3.59. The van der Waals surface area contributed by atoms with Gasteiger partial charge in [0.15, 0.2) is 0 Å². The van der Waals surface area contributed by atoms with E-state index >= 15 is 0 Å². The van der Waals surface area contributed by atoms with Gasteiger partial charge in [-0.3, -0.25) is 0 Å². The van der Waals surface area contributed by atoms with Gasteiger partial charge in [-0.1, -0.05) is 25.1 Å². The maximum absolute atomic E-state index is 6.11. The first-order valence-electron chi connectivity index (χ1n) is 7.23. The number of hydrogen-bond donors (Lipinski definition) is 1. The second kappa shape index (κ2) is 5.58. The van der Waals surface area contributed by atoms with Crippen molar-refractivity contribution in [1.29, 1.82) is 0 Å². The predicted octanol–water partition coefficient (Wildman–Crippen LogP) is 3.43. The third kappa shape index (κ3) is 2.60. The average molecular weight is 287 g/mol. The summed E-state index contributed by atoms with van der Waals surface area (Å²) in [4.78, 5) is 2.87. The van der Waals surface area contributed by atoms with E-state index in [1.807, 2.05) is 17.4 Å². The van der Waals surface area contributed by atoms with Gasteiger partial charge in [-0.2, -0.15) is 0 Å². The molecule has 2 heterocycles. The molecule has 2 aromatic rings. The largest absolute Gasteiger partial charge is 0.493 e. The molecule has 0 bridgehead atoms. The lowest BCUT2D eigenvalue weighted by Gasteiger charge is -2.37. The third-order valence-corrected chi connectivity index (χ3v) is 5.35. The van der Waals surface area contributed by atoms with E-state index in [2.05, 4.69) is 37.3 Å². The van der Waals surface area contributed by atoms with Crippen LogP contribution < -0.4 is 10.5 Å². The van der Waals surface area contributed by atoms with Gasteiger partial charge in [0.1, 0.15) is 5.75 Å². The molecule has 0 radical (unpaired) electrons. The Morgan fingerprint density at radius 3 is 2.75 bits per heavy atom. The van der Waals surface area contributed by atoms with E-state index in [0.717, 1.165) is 31.6 Å². The number of para-hydroxylation sites is 1. The highest BCUT2D eigenvalue weighted by Gasteiger charge is 2.35. The number of hydrogen-bond acceptors (Lipinski definition) is 3. The molecule has 3 rings (SSSR count). The molecule has 2 N–H and O–H groups in total. The van der Waals surface area contributed by atoms with Crippen molar-refractivity contribution in [1.82, 2.24) is 0 Å². The first-order valence-corrected chi connectivity index (χ1v) is 8.05. The van der Waals surface area contributed by atoms with Crippen molar-refractivity contribution in [3.05, 3.63) is 51.7 Å². The van der Waals surface area contributed by atoms with E-state index in [4.69, 9.17) is 10.5 Å². The molecule has 0 amide bonds. The summed E-state index contributed by atoms with van der Waals surface area (Å²) in [5.41, 5.74) is 7.44. The molecular formula is C17H21NOS. The van der Waals surface area contributed by atoms with E-state index in [1.165, 1.54) is 15.3 Å². The summed E-state index contributed by atoms with van der Waals surface area (Å²) < 4.78 is 5.96. The molecule has 0 aliphatic carbocycles. The summed E-state index contributed by atoms with van der Waals surface area (Å²) in [6, 6.07) is 12.8. The van der Waals surface area contributed by atoms with E-state index in [-0.39, 0.29) is 5.41 Å². The second-order valence-electron chi connectivity index (χ2n) is 5.68. The highest BCUT2D eigenvalue weighted by Crippen LogP contribution is 2.37. The van der Waals surface area contributed by atoms with Crippen LogP contribution in [0.5, 0.6) is 5.75 Å². The van der Waals surface area contributed by atoms with E-state index in [9.17, 15) is 0 Å². The van der Waals surface area contributed by atoms with Crippen molar-refractivity contribution in [3.63, 3.8) is 0 Å². The molecule has 0 saturated heterocycles. The molecule has 3 heteroatoms. The van der Waals surface area contributed by atoms with Crippen molar-refractivity contribution < 1.29 is 4.74 Å². The van der Waals surface area contributed by atoms with Crippen LogP contribution in [0.1, 0.15) is 22.2 Å². The molecule has 1 unspecified atom stereocenters. The Morgan fingerprint density at radius 1 is 1.20 bits per heavy atom. The van der Waals surface area contributed by atoms with Gasteiger partial charge in [-0.05, 0) is 43.0 Å². The first-order chi connectivity index (χ1) is 9.74. The molecular weight excluding hydrogens is 266 g/mol. The Balaban J connectivity index is 1.82. The average Bonchev–Trinajstić information content (AvgIpc) is 2.94. The van der Waals surface area contributed by atoms with Gasteiger partial charge in [-0.25, -0.2) is 0 Å². The minimum Gasteiger partial charge on any atom is -0.493 e. The monoisotopic (exact) mass is 287 g/mol. The number of benzene rings is 1. The van der Waals surface area contributed by atoms with Gasteiger partial charge < -0.3 is 10.5 Å². The Labute approximate surface area is 124 Å². The van der Waals surface area contributed by atoms with Crippen LogP contribution in [0.4, 0.5) is 0 Å². The van der Waals surface area contributed by atoms with Gasteiger partial charge in [0, 0.05) is 21.7 Å². The molecule has 20 heavy (non-hydrogen) atoms. The highest BCUT2D eigenvalue weighted by molar-refractivity contribution is 7.11. The minimum absolute atomic E-state index is 0.0459. The van der Waals surface area contributed by atoms with Crippen LogP contribution in [0.2, 0.25) is 0 Å². The van der Waals surface area contributed by atoms with E-state index < -0.39 is 0 Å². The summed E-state index contributed by atoms with van der Waals surface area (Å²) in [5.74, 6) is 1.03. The topological polar surface area (TPSA) is 35.2 Å². The second-order valence-corrected chi connectivity index (χ2v) is 6.93. The number of fused-ring (bicyclic) bond motifs is 1.